The van der Waals surface area contributed by atoms with E-state index in [9.17, 15) is 4.79 Å². The number of nitrogens with zero attached hydrogens (tertiary/aromatic N) is 4. The van der Waals surface area contributed by atoms with Crippen molar-refractivity contribution in [2.45, 2.75) is 32.7 Å². The van der Waals surface area contributed by atoms with Gasteiger partial charge in [-0.15, -0.1) is 0 Å². The van der Waals surface area contributed by atoms with Crippen molar-refractivity contribution in [1.82, 2.24) is 19.7 Å². The largest absolute Gasteiger partial charge is 0.377 e. The number of carbonyl (C=O) groups is 1. The van der Waals surface area contributed by atoms with Crippen molar-refractivity contribution < 1.29 is 9.53 Å². The van der Waals surface area contributed by atoms with Crippen LogP contribution in [0, 0.1) is 5.92 Å². The molecule has 2 aromatic rings. The van der Waals surface area contributed by atoms with Crippen molar-refractivity contribution in [2.24, 2.45) is 5.92 Å². The molecule has 2 heterocycles. The Morgan fingerprint density at radius 3 is 2.88 bits per heavy atom. The van der Waals surface area contributed by atoms with Gasteiger partial charge in [0.1, 0.15) is 12.4 Å². The number of benzene rings is 1. The third kappa shape index (κ3) is 3.64. The number of para-hydroxylation sites is 1. The molecule has 0 aliphatic carbocycles. The summed E-state index contributed by atoms with van der Waals surface area (Å²) in [6, 6.07) is 9.65. The van der Waals surface area contributed by atoms with Crippen molar-refractivity contribution in [3.63, 3.8) is 0 Å². The maximum atomic E-state index is 12.7. The Balaban J connectivity index is 1.84. The Bertz CT molecular complexity index is 669. The van der Waals surface area contributed by atoms with E-state index in [-0.39, 0.29) is 11.9 Å². The van der Waals surface area contributed by atoms with E-state index in [1.807, 2.05) is 35.2 Å². The second-order valence-electron chi connectivity index (χ2n) is 6.48. The van der Waals surface area contributed by atoms with Gasteiger partial charge >= 0.3 is 0 Å². The molecule has 0 unspecified atom stereocenters. The number of morpholine rings is 1. The summed E-state index contributed by atoms with van der Waals surface area (Å²) in [7, 11) is 0. The Kier molecular flexibility index (Phi) is 5.25. The molecule has 24 heavy (non-hydrogen) atoms. The monoisotopic (exact) mass is 328 g/mol. The summed E-state index contributed by atoms with van der Waals surface area (Å²) < 4.78 is 7.42. The summed E-state index contributed by atoms with van der Waals surface area (Å²) in [6.45, 7) is 5.90. The molecule has 128 valence electrons. The fourth-order valence-electron chi connectivity index (χ4n) is 2.92. The minimum atomic E-state index is -0.193. The minimum absolute atomic E-state index is 0.166. The zero-order valence-electron chi connectivity index (χ0n) is 14.3. The Labute approximate surface area is 142 Å². The number of rotatable bonds is 5. The van der Waals surface area contributed by atoms with E-state index in [1.54, 1.807) is 4.68 Å². The maximum absolute atomic E-state index is 12.7. The molecule has 0 radical (unpaired) electrons. The summed E-state index contributed by atoms with van der Waals surface area (Å²) in [5, 5.41) is 4.34. The van der Waals surface area contributed by atoms with Crippen molar-refractivity contribution in [1.29, 1.82) is 0 Å². The predicted octanol–water partition coefficient (Wildman–Crippen LogP) is 2.60. The Morgan fingerprint density at radius 2 is 2.12 bits per heavy atom. The molecule has 1 aromatic carbocycles. The standard InChI is InChI=1S/C18H24N4O2/c1-14(2)8-9-17(23)21-10-11-24-12-16(21)18-19-13-20-22(18)15-6-4-3-5-7-15/h3-7,13-14,16H,8-12H2,1-2H3/t16-/m1/s1. The van der Waals surface area contributed by atoms with Gasteiger partial charge in [-0.2, -0.15) is 5.10 Å². The van der Waals surface area contributed by atoms with E-state index in [0.29, 0.717) is 32.1 Å². The summed E-state index contributed by atoms with van der Waals surface area (Å²) in [5.41, 5.74) is 0.935. The summed E-state index contributed by atoms with van der Waals surface area (Å²) in [5.74, 6) is 1.43. The smallest absolute Gasteiger partial charge is 0.223 e. The van der Waals surface area contributed by atoms with Gasteiger partial charge in [-0.1, -0.05) is 32.0 Å². The van der Waals surface area contributed by atoms with Gasteiger partial charge in [-0.05, 0) is 24.5 Å². The van der Waals surface area contributed by atoms with Gasteiger partial charge in [-0.3, -0.25) is 4.79 Å². The van der Waals surface area contributed by atoms with Gasteiger partial charge in [-0.25, -0.2) is 9.67 Å². The summed E-state index contributed by atoms with van der Waals surface area (Å²) in [6.07, 6.45) is 3.00. The first-order chi connectivity index (χ1) is 11.7. The summed E-state index contributed by atoms with van der Waals surface area (Å²) >= 11 is 0. The highest BCUT2D eigenvalue weighted by atomic mass is 16.5. The number of ether oxygens (including phenoxy) is 1. The van der Waals surface area contributed by atoms with Crippen LogP contribution in [0.5, 0.6) is 0 Å². The fraction of sp³-hybridized carbons (Fsp3) is 0.500. The molecular weight excluding hydrogens is 304 g/mol. The number of aromatic nitrogens is 3. The van der Waals surface area contributed by atoms with Crippen molar-refractivity contribution >= 4 is 5.91 Å². The van der Waals surface area contributed by atoms with Crippen LogP contribution >= 0.6 is 0 Å². The first-order valence-electron chi connectivity index (χ1n) is 8.49. The third-order valence-electron chi connectivity index (χ3n) is 4.26. The van der Waals surface area contributed by atoms with Gasteiger partial charge in [0.25, 0.3) is 0 Å². The Morgan fingerprint density at radius 1 is 1.33 bits per heavy atom. The highest BCUT2D eigenvalue weighted by Crippen LogP contribution is 2.25. The second kappa shape index (κ2) is 7.57. The van der Waals surface area contributed by atoms with Crippen LogP contribution in [-0.4, -0.2) is 45.3 Å². The molecule has 0 saturated carbocycles. The molecule has 6 heteroatoms. The first kappa shape index (κ1) is 16.6. The van der Waals surface area contributed by atoms with Crippen molar-refractivity contribution in [3.8, 4) is 5.69 Å². The van der Waals surface area contributed by atoms with Crippen LogP contribution < -0.4 is 0 Å². The van der Waals surface area contributed by atoms with Gasteiger partial charge in [0.05, 0.1) is 18.9 Å². The molecule has 3 rings (SSSR count). The molecule has 1 saturated heterocycles. The molecule has 6 nitrogen and oxygen atoms in total. The van der Waals surface area contributed by atoms with Crippen LogP contribution in [0.3, 0.4) is 0 Å². The molecule has 0 N–H and O–H groups in total. The minimum Gasteiger partial charge on any atom is -0.377 e. The zero-order chi connectivity index (χ0) is 16.9. The van der Waals surface area contributed by atoms with Crippen molar-refractivity contribution in [2.75, 3.05) is 19.8 Å². The highest BCUT2D eigenvalue weighted by molar-refractivity contribution is 5.76. The molecule has 1 amide bonds. The molecule has 1 aliphatic rings. The van der Waals surface area contributed by atoms with Crippen LogP contribution in [0.25, 0.3) is 5.69 Å². The van der Waals surface area contributed by atoms with Crippen LogP contribution in [0.1, 0.15) is 38.6 Å². The maximum Gasteiger partial charge on any atom is 0.223 e. The molecule has 1 atom stereocenters. The van der Waals surface area contributed by atoms with Crippen LogP contribution in [0.4, 0.5) is 0 Å². The molecule has 1 aliphatic heterocycles. The zero-order valence-corrected chi connectivity index (χ0v) is 14.3. The van der Waals surface area contributed by atoms with Crippen LogP contribution in [0.2, 0.25) is 0 Å². The molecule has 1 aromatic heterocycles. The average molecular weight is 328 g/mol. The Hall–Kier alpha value is -2.21. The second-order valence-corrected chi connectivity index (χ2v) is 6.48. The van der Waals surface area contributed by atoms with Crippen LogP contribution in [-0.2, 0) is 9.53 Å². The SMILES string of the molecule is CC(C)CCC(=O)N1CCOC[C@@H]1c1ncnn1-c1ccccc1. The van der Waals surface area contributed by atoms with Gasteiger partial charge in [0, 0.05) is 13.0 Å². The quantitative estimate of drug-likeness (QED) is 0.846. The lowest BCUT2D eigenvalue weighted by Gasteiger charge is -2.35. The van der Waals surface area contributed by atoms with Gasteiger partial charge < -0.3 is 9.64 Å². The molecule has 0 bridgehead atoms. The number of hydrogen-bond donors (Lipinski definition) is 0. The van der Waals surface area contributed by atoms with Crippen molar-refractivity contribution in [3.05, 3.63) is 42.5 Å². The predicted molar refractivity (Wildman–Crippen MR) is 90.7 cm³/mol. The fourth-order valence-corrected chi connectivity index (χ4v) is 2.92. The number of carbonyl (C=O) groups excluding carboxylic acids is 1. The van der Waals surface area contributed by atoms with Crippen LogP contribution in [0.15, 0.2) is 36.7 Å². The number of amides is 1. The first-order valence-corrected chi connectivity index (χ1v) is 8.49. The van der Waals surface area contributed by atoms with Gasteiger partial charge in [0.15, 0.2) is 5.82 Å². The highest BCUT2D eigenvalue weighted by Gasteiger charge is 2.32. The average Bonchev–Trinajstić information content (AvgIpc) is 3.10. The molecular formula is C18H24N4O2. The third-order valence-corrected chi connectivity index (χ3v) is 4.26. The molecule has 0 spiro atoms. The van der Waals surface area contributed by atoms with E-state index < -0.39 is 0 Å². The lowest BCUT2D eigenvalue weighted by Crippen LogP contribution is -2.44. The van der Waals surface area contributed by atoms with E-state index >= 15 is 0 Å². The van der Waals surface area contributed by atoms with E-state index in [4.69, 9.17) is 4.74 Å². The lowest BCUT2D eigenvalue weighted by molar-refractivity contribution is -0.140. The topological polar surface area (TPSA) is 60.3 Å². The molecule has 1 fully saturated rings. The normalized spacial score (nSPS) is 18.1. The summed E-state index contributed by atoms with van der Waals surface area (Å²) in [4.78, 5) is 19.0. The van der Waals surface area contributed by atoms with E-state index in [2.05, 4.69) is 23.9 Å². The van der Waals surface area contributed by atoms with E-state index in [0.717, 1.165) is 17.9 Å². The van der Waals surface area contributed by atoms with Gasteiger partial charge in [0.2, 0.25) is 5.91 Å². The lowest BCUT2D eigenvalue weighted by atomic mass is 10.1. The number of hydrogen-bond acceptors (Lipinski definition) is 4. The van der Waals surface area contributed by atoms with E-state index in [1.165, 1.54) is 6.33 Å².